The van der Waals surface area contributed by atoms with Gasteiger partial charge in [-0.25, -0.2) is 15.0 Å². The number of phenolic OH excluding ortho intramolecular Hbond substituents is 1. The number of rotatable bonds is 10. The van der Waals surface area contributed by atoms with Gasteiger partial charge in [0.05, 0.1) is 11.8 Å². The number of amides is 5. The van der Waals surface area contributed by atoms with Gasteiger partial charge >= 0.3 is 12.1 Å². The summed E-state index contributed by atoms with van der Waals surface area (Å²) in [6.07, 6.45) is 1.33. The topological polar surface area (TPSA) is 138 Å². The van der Waals surface area contributed by atoms with Crippen molar-refractivity contribution in [3.05, 3.63) is 101 Å². The Morgan fingerprint density at radius 1 is 0.957 bits per heavy atom. The number of phenols is 1. The largest absolute Gasteiger partial charge is 0.507 e. The van der Waals surface area contributed by atoms with Crippen molar-refractivity contribution in [3.8, 4) is 5.75 Å². The summed E-state index contributed by atoms with van der Waals surface area (Å²) in [5.41, 5.74) is 2.78. The third-order valence-electron chi connectivity index (χ3n) is 8.02. The second-order valence-corrected chi connectivity index (χ2v) is 12.4. The summed E-state index contributed by atoms with van der Waals surface area (Å²) < 4.78 is 0. The fourth-order valence-electron chi connectivity index (χ4n) is 5.61. The summed E-state index contributed by atoms with van der Waals surface area (Å²) in [5, 5.41) is 31.4. The molecule has 1 unspecified atom stereocenters. The average Bonchev–Trinajstić information content (AvgIpc) is 3.25. The minimum Gasteiger partial charge on any atom is -0.507 e. The molecule has 1 aliphatic rings. The molecule has 11 nitrogen and oxygen atoms in total. The molecule has 0 spiro atoms. The van der Waals surface area contributed by atoms with E-state index in [4.69, 9.17) is 23.2 Å². The molecule has 5 amide bonds. The lowest BCUT2D eigenvalue weighted by molar-refractivity contribution is -0.121. The number of urea groups is 2. The molecule has 0 aliphatic carbocycles. The van der Waals surface area contributed by atoms with Crippen LogP contribution in [0.4, 0.5) is 21.0 Å². The van der Waals surface area contributed by atoms with E-state index in [-0.39, 0.29) is 24.6 Å². The van der Waals surface area contributed by atoms with Gasteiger partial charge in [-0.15, -0.1) is 0 Å². The number of hydrogen-bond donors (Lipinski definition) is 4. The lowest BCUT2D eigenvalue weighted by Gasteiger charge is -2.38. The van der Waals surface area contributed by atoms with E-state index < -0.39 is 23.8 Å². The molecule has 1 fully saturated rings. The van der Waals surface area contributed by atoms with Crippen molar-refractivity contribution in [2.45, 2.75) is 44.8 Å². The first-order valence-electron chi connectivity index (χ1n) is 14.9. The van der Waals surface area contributed by atoms with Crippen molar-refractivity contribution >= 4 is 69.5 Å². The number of carbonyl (C=O) groups excluding carboxylic acids is 3. The van der Waals surface area contributed by atoms with Crippen LogP contribution in [0.15, 0.2) is 90.0 Å². The number of carbonyl (C=O) groups is 3. The summed E-state index contributed by atoms with van der Waals surface area (Å²) in [6.45, 7) is 3.77. The maximum Gasteiger partial charge on any atom is 0.347 e. The van der Waals surface area contributed by atoms with Crippen LogP contribution in [0.2, 0.25) is 10.0 Å². The summed E-state index contributed by atoms with van der Waals surface area (Å²) in [5.74, 6) is -0.275. The molecule has 1 aliphatic heterocycles. The van der Waals surface area contributed by atoms with Gasteiger partial charge in [0.15, 0.2) is 6.17 Å². The minimum atomic E-state index is -1.12. The van der Waals surface area contributed by atoms with Crippen LogP contribution in [0.25, 0.3) is 10.8 Å². The zero-order valence-electron chi connectivity index (χ0n) is 25.7. The molecule has 47 heavy (non-hydrogen) atoms. The van der Waals surface area contributed by atoms with E-state index in [1.54, 1.807) is 79.4 Å². The zero-order chi connectivity index (χ0) is 33.7. The zero-order valence-corrected chi connectivity index (χ0v) is 27.2. The van der Waals surface area contributed by atoms with Crippen LogP contribution in [-0.2, 0) is 4.79 Å². The number of hydroxylamine groups is 2. The Balaban J connectivity index is 1.23. The van der Waals surface area contributed by atoms with Crippen LogP contribution >= 0.6 is 23.2 Å². The molecule has 0 radical (unpaired) electrons. The Morgan fingerprint density at radius 2 is 1.62 bits per heavy atom. The molecule has 0 saturated carbocycles. The van der Waals surface area contributed by atoms with Crippen LogP contribution in [0.3, 0.4) is 0 Å². The van der Waals surface area contributed by atoms with Gasteiger partial charge in [0, 0.05) is 39.9 Å². The van der Waals surface area contributed by atoms with E-state index in [2.05, 4.69) is 15.8 Å². The number of hydrazone groups is 1. The quantitative estimate of drug-likeness (QED) is 0.0598. The number of anilines is 2. The van der Waals surface area contributed by atoms with Crippen molar-refractivity contribution < 1.29 is 24.7 Å². The van der Waals surface area contributed by atoms with Crippen LogP contribution in [0, 0.1) is 0 Å². The SMILES string of the molecule is CC1(C)C(N(O)C(=O)Nc2ccc(Cl)cc2)N(c2ccc(Cl)cc2)C(=O)N1CCCCC(=O)N/N=C/c1c(O)ccc2ccccc12. The van der Waals surface area contributed by atoms with E-state index in [1.165, 1.54) is 11.1 Å². The molecular formula is C34H34Cl2N6O5. The molecule has 0 bridgehead atoms. The number of nitrogens with one attached hydrogen (secondary N) is 2. The predicted molar refractivity (Wildman–Crippen MR) is 183 cm³/mol. The molecule has 4 N–H and O–H groups in total. The Labute approximate surface area is 281 Å². The van der Waals surface area contributed by atoms with E-state index in [0.717, 1.165) is 10.8 Å². The first kappa shape index (κ1) is 33.5. The maximum absolute atomic E-state index is 13.9. The Kier molecular flexibility index (Phi) is 10.2. The number of halogens is 2. The van der Waals surface area contributed by atoms with Gasteiger partial charge in [-0.05, 0) is 92.1 Å². The van der Waals surface area contributed by atoms with Crippen LogP contribution in [0.5, 0.6) is 5.75 Å². The van der Waals surface area contributed by atoms with E-state index in [1.807, 2.05) is 24.3 Å². The number of fused-ring (bicyclic) bond motifs is 1. The van der Waals surface area contributed by atoms with Crippen molar-refractivity contribution in [2.75, 3.05) is 16.8 Å². The molecule has 4 aromatic rings. The first-order valence-corrected chi connectivity index (χ1v) is 15.7. The van der Waals surface area contributed by atoms with Crippen molar-refractivity contribution in [2.24, 2.45) is 5.10 Å². The normalized spacial score (nSPS) is 15.8. The Morgan fingerprint density at radius 3 is 2.32 bits per heavy atom. The highest BCUT2D eigenvalue weighted by Crippen LogP contribution is 2.38. The molecule has 1 atom stereocenters. The van der Waals surface area contributed by atoms with Crippen LogP contribution < -0.4 is 15.6 Å². The molecular weight excluding hydrogens is 643 g/mol. The molecule has 5 rings (SSSR count). The average molecular weight is 678 g/mol. The molecule has 13 heteroatoms. The number of benzene rings is 4. The second kappa shape index (κ2) is 14.3. The highest BCUT2D eigenvalue weighted by Gasteiger charge is 2.55. The smallest absolute Gasteiger partial charge is 0.347 e. The molecule has 1 saturated heterocycles. The summed E-state index contributed by atoms with van der Waals surface area (Å²) in [7, 11) is 0. The van der Waals surface area contributed by atoms with Gasteiger partial charge in [0.1, 0.15) is 5.75 Å². The van der Waals surface area contributed by atoms with Gasteiger partial charge in [-0.3, -0.25) is 14.9 Å². The summed E-state index contributed by atoms with van der Waals surface area (Å²) in [6, 6.07) is 22.6. The Hall–Kier alpha value is -4.84. The lowest BCUT2D eigenvalue weighted by Crippen LogP contribution is -2.58. The molecule has 244 valence electrons. The highest BCUT2D eigenvalue weighted by atomic mass is 35.5. The Bertz CT molecular complexity index is 1800. The van der Waals surface area contributed by atoms with Crippen molar-refractivity contribution in [1.29, 1.82) is 0 Å². The summed E-state index contributed by atoms with van der Waals surface area (Å²) >= 11 is 12.0. The second-order valence-electron chi connectivity index (χ2n) is 11.6. The third-order valence-corrected chi connectivity index (χ3v) is 8.52. The van der Waals surface area contributed by atoms with E-state index in [9.17, 15) is 24.7 Å². The van der Waals surface area contributed by atoms with Crippen LogP contribution in [0.1, 0.15) is 38.7 Å². The van der Waals surface area contributed by atoms with Gasteiger partial charge in [0.2, 0.25) is 5.91 Å². The summed E-state index contributed by atoms with van der Waals surface area (Å²) in [4.78, 5) is 42.5. The minimum absolute atomic E-state index is 0.0504. The van der Waals surface area contributed by atoms with Crippen LogP contribution in [-0.4, -0.2) is 62.7 Å². The molecule has 4 aromatic carbocycles. The van der Waals surface area contributed by atoms with Gasteiger partial charge in [-0.1, -0.05) is 53.5 Å². The standard InChI is InChI=1S/C34H34Cl2N6O5/c1-34(2)31(42(47)32(45)38-25-15-11-23(35)12-16-25)41(26-17-13-24(36)14-18-26)33(46)40(34)20-6-5-9-30(44)39-37-21-28-27-8-4-3-7-22(27)10-19-29(28)43/h3-4,7-8,10-19,21,31,43,47H,5-6,9,20H2,1-2H3,(H,38,45)(H,39,44)/b37-21+. The van der Waals surface area contributed by atoms with Crippen molar-refractivity contribution in [1.82, 2.24) is 15.4 Å². The molecule has 1 heterocycles. The molecule has 0 aromatic heterocycles. The first-order chi connectivity index (χ1) is 22.5. The number of hydrogen-bond acceptors (Lipinski definition) is 6. The number of unbranched alkanes of at least 4 members (excludes halogenated alkanes) is 1. The van der Waals surface area contributed by atoms with Gasteiger partial charge < -0.3 is 15.3 Å². The fraction of sp³-hybridized carbons (Fsp3) is 0.235. The van der Waals surface area contributed by atoms with E-state index >= 15 is 0 Å². The highest BCUT2D eigenvalue weighted by molar-refractivity contribution is 6.31. The third kappa shape index (κ3) is 7.43. The van der Waals surface area contributed by atoms with Gasteiger partial charge in [-0.2, -0.15) is 10.2 Å². The monoisotopic (exact) mass is 676 g/mol. The number of aromatic hydroxyl groups is 1. The van der Waals surface area contributed by atoms with Gasteiger partial charge in [0.25, 0.3) is 0 Å². The fourth-order valence-corrected chi connectivity index (χ4v) is 5.86. The van der Waals surface area contributed by atoms with Crippen molar-refractivity contribution in [3.63, 3.8) is 0 Å². The number of nitrogens with zero attached hydrogens (tertiary/aromatic N) is 4. The van der Waals surface area contributed by atoms with E-state index in [0.29, 0.717) is 44.9 Å². The predicted octanol–water partition coefficient (Wildman–Crippen LogP) is 7.44. The lowest BCUT2D eigenvalue weighted by atomic mass is 9.99. The maximum atomic E-state index is 13.9.